The minimum Gasteiger partial charge on any atom is -0.366 e. The van der Waals surface area contributed by atoms with Crippen molar-refractivity contribution in [3.63, 3.8) is 0 Å². The predicted molar refractivity (Wildman–Crippen MR) is 83.4 cm³/mol. The third kappa shape index (κ3) is 4.59. The molecular weight excluding hydrogens is 328 g/mol. The third-order valence-electron chi connectivity index (χ3n) is 3.60. The van der Waals surface area contributed by atoms with Crippen LogP contribution in [-0.4, -0.2) is 23.4 Å². The molecule has 1 saturated carbocycles. The van der Waals surface area contributed by atoms with Crippen molar-refractivity contribution in [3.05, 3.63) is 16.0 Å². The zero-order valence-corrected chi connectivity index (χ0v) is 13.0. The fraction of sp³-hybridized carbons (Fsp3) is 0.636. The van der Waals surface area contributed by atoms with Crippen molar-refractivity contribution >= 4 is 40.8 Å². The molecule has 1 aromatic heterocycles. The molecule has 19 heavy (non-hydrogen) atoms. The van der Waals surface area contributed by atoms with Gasteiger partial charge in [-0.1, -0.05) is 6.32 Å². The second-order valence-electron chi connectivity index (χ2n) is 4.94. The third-order valence-corrected chi connectivity index (χ3v) is 4.36. The van der Waals surface area contributed by atoms with Crippen LogP contribution in [-0.2, 0) is 0 Å². The van der Waals surface area contributed by atoms with Crippen LogP contribution < -0.4 is 16.5 Å². The minimum absolute atomic E-state index is 0.272. The van der Waals surface area contributed by atoms with Gasteiger partial charge < -0.3 is 10.7 Å². The molecule has 0 saturated heterocycles. The summed E-state index contributed by atoms with van der Waals surface area (Å²) in [6.45, 7) is 0. The standard InChI is InChI=1S/C11H18BBrClN5/c13-9-6-16-11(14)18-10(9)17-8-3-1-7(2-4-8)5-12-19-15/h6-8,12,19H,1-5,15H2,(H,16,17,18)/t7-,8+. The van der Waals surface area contributed by atoms with Gasteiger partial charge in [-0.15, -0.1) is 0 Å². The van der Waals surface area contributed by atoms with E-state index in [1.165, 1.54) is 12.8 Å². The number of nitrogens with two attached hydrogens (primary N) is 1. The Morgan fingerprint density at radius 3 is 2.84 bits per heavy atom. The fourth-order valence-electron chi connectivity index (χ4n) is 2.52. The first-order chi connectivity index (χ1) is 9.19. The Labute approximate surface area is 127 Å². The van der Waals surface area contributed by atoms with Crippen LogP contribution in [0.1, 0.15) is 25.7 Å². The van der Waals surface area contributed by atoms with Crippen LogP contribution in [0.4, 0.5) is 5.82 Å². The van der Waals surface area contributed by atoms with E-state index in [1.54, 1.807) is 6.20 Å². The summed E-state index contributed by atoms with van der Waals surface area (Å²) in [5, 5.41) is 6.44. The monoisotopic (exact) mass is 345 g/mol. The van der Waals surface area contributed by atoms with Crippen LogP contribution >= 0.6 is 27.5 Å². The van der Waals surface area contributed by atoms with Gasteiger partial charge in [0.25, 0.3) is 0 Å². The summed E-state index contributed by atoms with van der Waals surface area (Å²) < 4.78 is 0.853. The fourth-order valence-corrected chi connectivity index (χ4v) is 2.96. The van der Waals surface area contributed by atoms with E-state index in [0.29, 0.717) is 6.04 Å². The quantitative estimate of drug-likeness (QED) is 0.329. The highest BCUT2D eigenvalue weighted by molar-refractivity contribution is 9.10. The molecule has 0 spiro atoms. The summed E-state index contributed by atoms with van der Waals surface area (Å²) in [4.78, 5) is 8.13. The van der Waals surface area contributed by atoms with Crippen molar-refractivity contribution in [2.75, 3.05) is 5.32 Å². The molecule has 1 aromatic rings. The van der Waals surface area contributed by atoms with Crippen LogP contribution in [0.2, 0.25) is 11.6 Å². The molecule has 8 heteroatoms. The van der Waals surface area contributed by atoms with E-state index < -0.39 is 0 Å². The average Bonchev–Trinajstić information content (AvgIpc) is 2.42. The van der Waals surface area contributed by atoms with Crippen LogP contribution in [0.5, 0.6) is 0 Å². The number of rotatable bonds is 5. The summed E-state index contributed by atoms with van der Waals surface area (Å²) in [5.74, 6) is 6.88. The van der Waals surface area contributed by atoms with Gasteiger partial charge in [-0.3, -0.25) is 5.84 Å². The molecule has 1 aliphatic carbocycles. The summed E-state index contributed by atoms with van der Waals surface area (Å²) in [7, 11) is 0.899. The van der Waals surface area contributed by atoms with Crippen LogP contribution in [0, 0.1) is 5.92 Å². The summed E-state index contributed by atoms with van der Waals surface area (Å²) >= 11 is 9.25. The van der Waals surface area contributed by atoms with Gasteiger partial charge in [0.05, 0.1) is 4.47 Å². The second kappa shape index (κ2) is 7.43. The highest BCUT2D eigenvalue weighted by Gasteiger charge is 2.21. The largest absolute Gasteiger partial charge is 0.366 e. The molecule has 1 aliphatic rings. The van der Waals surface area contributed by atoms with Crippen LogP contribution in [0.15, 0.2) is 10.7 Å². The van der Waals surface area contributed by atoms with Crippen molar-refractivity contribution in [3.8, 4) is 0 Å². The summed E-state index contributed by atoms with van der Waals surface area (Å²) in [5.41, 5.74) is 0. The number of aromatic nitrogens is 2. The van der Waals surface area contributed by atoms with Crippen LogP contribution in [0.25, 0.3) is 0 Å². The molecule has 0 aliphatic heterocycles. The first-order valence-electron chi connectivity index (χ1n) is 6.57. The Kier molecular flexibility index (Phi) is 5.88. The molecule has 4 N–H and O–H groups in total. The van der Waals surface area contributed by atoms with Gasteiger partial charge in [-0.05, 0) is 59.1 Å². The Balaban J connectivity index is 1.83. The van der Waals surface area contributed by atoms with E-state index in [0.717, 1.165) is 42.8 Å². The molecule has 104 valence electrons. The molecule has 5 nitrogen and oxygen atoms in total. The van der Waals surface area contributed by atoms with Crippen LogP contribution in [0.3, 0.4) is 0 Å². The normalized spacial score (nSPS) is 23.1. The summed E-state index contributed by atoms with van der Waals surface area (Å²) in [6.07, 6.45) is 7.61. The van der Waals surface area contributed by atoms with Crippen molar-refractivity contribution in [1.29, 1.82) is 0 Å². The van der Waals surface area contributed by atoms with E-state index in [9.17, 15) is 0 Å². The van der Waals surface area contributed by atoms with E-state index in [-0.39, 0.29) is 5.28 Å². The van der Waals surface area contributed by atoms with E-state index >= 15 is 0 Å². The lowest BCUT2D eigenvalue weighted by Gasteiger charge is -2.29. The Morgan fingerprint density at radius 2 is 2.16 bits per heavy atom. The molecule has 0 atom stereocenters. The number of hydrogen-bond acceptors (Lipinski definition) is 5. The Morgan fingerprint density at radius 1 is 1.42 bits per heavy atom. The zero-order chi connectivity index (χ0) is 13.7. The van der Waals surface area contributed by atoms with Crippen molar-refractivity contribution < 1.29 is 0 Å². The SMILES string of the molecule is NNBC[C@H]1CC[C@@H](Nc2nc(Cl)ncc2Br)CC1. The number of anilines is 1. The van der Waals surface area contributed by atoms with Crippen molar-refractivity contribution in [1.82, 2.24) is 15.3 Å². The first kappa shape index (κ1) is 15.0. The van der Waals surface area contributed by atoms with Crippen molar-refractivity contribution in [2.45, 2.75) is 38.0 Å². The molecule has 2 rings (SSSR count). The maximum atomic E-state index is 5.81. The smallest absolute Gasteiger partial charge is 0.224 e. The Hall–Kier alpha value is -0.365. The predicted octanol–water partition coefficient (Wildman–Crippen LogP) is 2.10. The lowest BCUT2D eigenvalue weighted by Crippen LogP contribution is -2.31. The minimum atomic E-state index is 0.272. The molecule has 0 unspecified atom stereocenters. The highest BCUT2D eigenvalue weighted by Crippen LogP contribution is 2.30. The molecule has 1 fully saturated rings. The molecule has 0 radical (unpaired) electrons. The van der Waals surface area contributed by atoms with Gasteiger partial charge in [-0.25, -0.2) is 4.98 Å². The zero-order valence-electron chi connectivity index (χ0n) is 10.7. The van der Waals surface area contributed by atoms with Gasteiger partial charge in [0.1, 0.15) is 5.82 Å². The Bertz CT molecular complexity index is 414. The van der Waals surface area contributed by atoms with E-state index in [1.807, 2.05) is 0 Å². The summed E-state index contributed by atoms with van der Waals surface area (Å²) in [6, 6.07) is 0.462. The number of halogens is 2. The number of hydrazine groups is 1. The number of hydrogen-bond donors (Lipinski definition) is 3. The maximum Gasteiger partial charge on any atom is 0.224 e. The van der Waals surface area contributed by atoms with E-state index in [4.69, 9.17) is 17.4 Å². The topological polar surface area (TPSA) is 75.9 Å². The second-order valence-corrected chi connectivity index (χ2v) is 6.13. The molecule has 0 bridgehead atoms. The molecule has 1 heterocycles. The molecular formula is C11H18BBrClN5. The molecule has 0 aromatic carbocycles. The van der Waals surface area contributed by atoms with Crippen molar-refractivity contribution in [2.24, 2.45) is 11.8 Å². The van der Waals surface area contributed by atoms with Gasteiger partial charge in [0.2, 0.25) is 12.7 Å². The van der Waals surface area contributed by atoms with Gasteiger partial charge >= 0.3 is 0 Å². The highest BCUT2D eigenvalue weighted by atomic mass is 79.9. The number of nitrogens with one attached hydrogen (secondary N) is 2. The lowest BCUT2D eigenvalue weighted by atomic mass is 9.74. The lowest BCUT2D eigenvalue weighted by molar-refractivity contribution is 0.359. The number of nitrogens with zero attached hydrogens (tertiary/aromatic N) is 2. The average molecular weight is 346 g/mol. The van der Waals surface area contributed by atoms with Gasteiger partial charge in [-0.2, -0.15) is 4.98 Å². The van der Waals surface area contributed by atoms with E-state index in [2.05, 4.69) is 36.6 Å². The van der Waals surface area contributed by atoms with Gasteiger partial charge in [0.15, 0.2) is 0 Å². The first-order valence-corrected chi connectivity index (χ1v) is 7.74. The van der Waals surface area contributed by atoms with Gasteiger partial charge in [0, 0.05) is 12.2 Å². The maximum absolute atomic E-state index is 5.81. The molecule has 0 amide bonds.